The molecule has 1 fully saturated rings. The van der Waals surface area contributed by atoms with Crippen molar-refractivity contribution < 1.29 is 9.53 Å². The van der Waals surface area contributed by atoms with Gasteiger partial charge in [-0.1, -0.05) is 36.4 Å². The van der Waals surface area contributed by atoms with Gasteiger partial charge < -0.3 is 4.74 Å². The summed E-state index contributed by atoms with van der Waals surface area (Å²) >= 11 is 1.36. The monoisotopic (exact) mass is 415 g/mol. The van der Waals surface area contributed by atoms with Crippen LogP contribution in [-0.4, -0.2) is 23.2 Å². The van der Waals surface area contributed by atoms with E-state index in [1.165, 1.54) is 11.8 Å². The van der Waals surface area contributed by atoms with Gasteiger partial charge in [0.1, 0.15) is 5.75 Å². The minimum Gasteiger partial charge on any atom is -0.497 e. The predicted octanol–water partition coefficient (Wildman–Crippen LogP) is 5.60. The Bertz CT molecular complexity index is 1160. The fraction of sp³-hybridized carbons (Fsp3) is 0.125. The zero-order valence-corrected chi connectivity index (χ0v) is 17.8. The Morgan fingerprint density at radius 1 is 1.03 bits per heavy atom. The zero-order chi connectivity index (χ0) is 21.1. The molecule has 30 heavy (non-hydrogen) atoms. The molecule has 0 N–H and O–H groups in total. The molecule has 3 aromatic rings. The smallest absolute Gasteiger partial charge is 0.271 e. The highest BCUT2D eigenvalue weighted by molar-refractivity contribution is 8.19. The second-order valence-corrected chi connectivity index (χ2v) is 7.77. The van der Waals surface area contributed by atoms with E-state index in [4.69, 9.17) is 9.73 Å². The number of thioether (sulfide) groups is 1. The van der Waals surface area contributed by atoms with Gasteiger partial charge in [0.05, 0.1) is 17.7 Å². The number of aliphatic imine (C=N–C) groups is 1. The maximum absolute atomic E-state index is 13.5. The quantitative estimate of drug-likeness (QED) is 0.521. The highest BCUT2D eigenvalue weighted by Crippen LogP contribution is 2.40. The van der Waals surface area contributed by atoms with Crippen LogP contribution < -0.4 is 9.64 Å². The predicted molar refractivity (Wildman–Crippen MR) is 123 cm³/mol. The molecule has 0 aliphatic carbocycles. The van der Waals surface area contributed by atoms with Crippen LogP contribution in [0.2, 0.25) is 0 Å². The zero-order valence-electron chi connectivity index (χ0n) is 17.0. The summed E-state index contributed by atoms with van der Waals surface area (Å²) in [5, 5.41) is 0.585. The number of hydrogen-bond acceptors (Lipinski definition) is 5. The van der Waals surface area contributed by atoms with Crippen molar-refractivity contribution in [1.29, 1.82) is 0 Å². The molecule has 0 saturated carbocycles. The third-order valence-electron chi connectivity index (χ3n) is 4.72. The third-order valence-corrected chi connectivity index (χ3v) is 5.86. The van der Waals surface area contributed by atoms with E-state index >= 15 is 0 Å². The Labute approximate surface area is 180 Å². The first-order chi connectivity index (χ1) is 14.6. The standard InChI is InChI=1S/C24H21N3O2S/c1-16-9-7-14-21(25-16)26-24-27(19-11-5-4-6-12-19)23(28)22(30-24)17(2)18-10-8-13-20(15-18)29-3/h4-15H,1-3H3/b22-17-,26-24+. The highest BCUT2D eigenvalue weighted by Gasteiger charge is 2.36. The number of amidine groups is 1. The Kier molecular flexibility index (Phi) is 5.68. The van der Waals surface area contributed by atoms with Crippen molar-refractivity contribution in [3.63, 3.8) is 0 Å². The van der Waals surface area contributed by atoms with Gasteiger partial charge in [-0.25, -0.2) is 9.98 Å². The largest absolute Gasteiger partial charge is 0.497 e. The van der Waals surface area contributed by atoms with Crippen LogP contribution in [0.5, 0.6) is 5.75 Å². The van der Waals surface area contributed by atoms with E-state index in [0.717, 1.165) is 28.3 Å². The lowest BCUT2D eigenvalue weighted by Crippen LogP contribution is -2.28. The van der Waals surface area contributed by atoms with Crippen molar-refractivity contribution in [1.82, 2.24) is 4.98 Å². The number of aromatic nitrogens is 1. The fourth-order valence-electron chi connectivity index (χ4n) is 3.16. The van der Waals surface area contributed by atoms with E-state index in [1.54, 1.807) is 12.0 Å². The van der Waals surface area contributed by atoms with Crippen LogP contribution >= 0.6 is 11.8 Å². The number of carbonyl (C=O) groups is 1. The van der Waals surface area contributed by atoms with Crippen LogP contribution in [0, 0.1) is 6.92 Å². The minimum absolute atomic E-state index is 0.0991. The topological polar surface area (TPSA) is 54.8 Å². The van der Waals surface area contributed by atoms with Crippen molar-refractivity contribution in [2.75, 3.05) is 12.0 Å². The first kappa shape index (κ1) is 19.9. The molecule has 2 aromatic carbocycles. The number of amides is 1. The van der Waals surface area contributed by atoms with Crippen molar-refractivity contribution in [2.24, 2.45) is 4.99 Å². The van der Waals surface area contributed by atoms with Gasteiger partial charge in [0.15, 0.2) is 11.0 Å². The molecule has 2 heterocycles. The summed E-state index contributed by atoms with van der Waals surface area (Å²) < 4.78 is 5.34. The molecule has 150 valence electrons. The molecular weight excluding hydrogens is 394 g/mol. The number of nitrogens with zero attached hydrogens (tertiary/aromatic N) is 3. The first-order valence-electron chi connectivity index (χ1n) is 9.52. The molecule has 5 nitrogen and oxygen atoms in total. The molecule has 0 bridgehead atoms. The third kappa shape index (κ3) is 4.00. The minimum atomic E-state index is -0.0991. The lowest BCUT2D eigenvalue weighted by atomic mass is 10.1. The van der Waals surface area contributed by atoms with Gasteiger partial charge >= 0.3 is 0 Å². The molecule has 6 heteroatoms. The van der Waals surface area contributed by atoms with Gasteiger partial charge in [-0.15, -0.1) is 0 Å². The van der Waals surface area contributed by atoms with Crippen LogP contribution in [0.25, 0.3) is 5.57 Å². The maximum atomic E-state index is 13.5. The molecule has 0 unspecified atom stereocenters. The van der Waals surface area contributed by atoms with Crippen LogP contribution in [0.3, 0.4) is 0 Å². The number of methoxy groups -OCH3 is 1. The van der Waals surface area contributed by atoms with E-state index in [9.17, 15) is 4.79 Å². The SMILES string of the molecule is COc1cccc(/C(C)=C2\S/C(=N/c3cccc(C)n3)N(c3ccccc3)C2=O)c1. The van der Waals surface area contributed by atoms with Gasteiger partial charge in [-0.05, 0) is 73.1 Å². The Hall–Kier alpha value is -3.38. The van der Waals surface area contributed by atoms with E-state index in [0.29, 0.717) is 15.9 Å². The molecule has 0 spiro atoms. The average Bonchev–Trinajstić information content (AvgIpc) is 3.09. The van der Waals surface area contributed by atoms with Crippen LogP contribution in [-0.2, 0) is 4.79 Å². The second-order valence-electron chi connectivity index (χ2n) is 6.80. The number of benzene rings is 2. The molecule has 1 aromatic heterocycles. The Morgan fingerprint density at radius 3 is 2.53 bits per heavy atom. The average molecular weight is 416 g/mol. The van der Waals surface area contributed by atoms with Gasteiger partial charge in [-0.3, -0.25) is 9.69 Å². The lowest BCUT2D eigenvalue weighted by Gasteiger charge is -2.15. The highest BCUT2D eigenvalue weighted by atomic mass is 32.2. The number of carbonyl (C=O) groups excluding carboxylic acids is 1. The summed E-state index contributed by atoms with van der Waals surface area (Å²) in [5.41, 5.74) is 3.47. The Balaban J connectivity index is 1.82. The van der Waals surface area contributed by atoms with E-state index in [-0.39, 0.29) is 5.91 Å². The van der Waals surface area contributed by atoms with Crippen LogP contribution in [0.4, 0.5) is 11.5 Å². The number of pyridine rings is 1. The summed E-state index contributed by atoms with van der Waals surface area (Å²) in [4.78, 5) is 24.9. The van der Waals surface area contributed by atoms with E-state index in [1.807, 2.05) is 86.6 Å². The van der Waals surface area contributed by atoms with E-state index in [2.05, 4.69) is 4.98 Å². The summed E-state index contributed by atoms with van der Waals surface area (Å²) in [6.07, 6.45) is 0. The van der Waals surface area contributed by atoms with Gasteiger partial charge in [-0.2, -0.15) is 0 Å². The number of ether oxygens (including phenoxy) is 1. The van der Waals surface area contributed by atoms with Crippen LogP contribution in [0.1, 0.15) is 18.2 Å². The summed E-state index contributed by atoms with van der Waals surface area (Å²) in [6.45, 7) is 3.87. The second kappa shape index (κ2) is 8.55. The van der Waals surface area contributed by atoms with Crippen molar-refractivity contribution in [3.8, 4) is 5.75 Å². The lowest BCUT2D eigenvalue weighted by molar-refractivity contribution is -0.113. The molecule has 4 rings (SSSR count). The van der Waals surface area contributed by atoms with Gasteiger partial charge in [0.2, 0.25) is 0 Å². The molecule has 1 aliphatic rings. The number of allylic oxidation sites excluding steroid dienone is 1. The first-order valence-corrected chi connectivity index (χ1v) is 10.3. The maximum Gasteiger partial charge on any atom is 0.271 e. The number of para-hydroxylation sites is 1. The number of aryl methyl sites for hydroxylation is 1. The summed E-state index contributed by atoms with van der Waals surface area (Å²) in [7, 11) is 1.63. The molecule has 0 radical (unpaired) electrons. The van der Waals surface area contributed by atoms with Crippen LogP contribution in [0.15, 0.2) is 82.7 Å². The summed E-state index contributed by atoms with van der Waals surface area (Å²) in [5.74, 6) is 1.23. The molecular formula is C24H21N3O2S. The fourth-order valence-corrected chi connectivity index (χ4v) is 4.21. The number of hydrogen-bond donors (Lipinski definition) is 0. The van der Waals surface area contributed by atoms with Crippen molar-refractivity contribution >= 4 is 39.9 Å². The van der Waals surface area contributed by atoms with Gasteiger partial charge in [0.25, 0.3) is 5.91 Å². The van der Waals surface area contributed by atoms with Crippen molar-refractivity contribution in [2.45, 2.75) is 13.8 Å². The normalized spacial score (nSPS) is 16.8. The van der Waals surface area contributed by atoms with Gasteiger partial charge in [0, 0.05) is 5.69 Å². The molecule has 1 saturated heterocycles. The number of rotatable bonds is 4. The molecule has 0 atom stereocenters. The molecule has 1 amide bonds. The molecule has 1 aliphatic heterocycles. The van der Waals surface area contributed by atoms with E-state index < -0.39 is 0 Å². The van der Waals surface area contributed by atoms with Crippen molar-refractivity contribution in [3.05, 3.63) is 89.0 Å². The summed E-state index contributed by atoms with van der Waals surface area (Å²) in [6, 6.07) is 22.9. The number of anilines is 1. The Morgan fingerprint density at radius 2 is 1.80 bits per heavy atom.